The van der Waals surface area contributed by atoms with E-state index in [9.17, 15) is 13.2 Å². The summed E-state index contributed by atoms with van der Waals surface area (Å²) in [6.07, 6.45) is 9.45. The lowest BCUT2D eigenvalue weighted by atomic mass is 9.75. The molecule has 208 valence electrons. The predicted octanol–water partition coefficient (Wildman–Crippen LogP) is 3.90. The van der Waals surface area contributed by atoms with Crippen molar-refractivity contribution in [2.75, 3.05) is 30.8 Å². The van der Waals surface area contributed by atoms with Gasteiger partial charge in [0.2, 0.25) is 10.0 Å². The fraction of sp³-hybridized carbons (Fsp3) is 0.483. The van der Waals surface area contributed by atoms with Crippen molar-refractivity contribution in [1.29, 1.82) is 0 Å². The lowest BCUT2D eigenvalue weighted by Gasteiger charge is -2.40. The van der Waals surface area contributed by atoms with Crippen LogP contribution in [0, 0.1) is 11.7 Å². The van der Waals surface area contributed by atoms with Gasteiger partial charge >= 0.3 is 0 Å². The Balaban J connectivity index is 1.41. The summed E-state index contributed by atoms with van der Waals surface area (Å²) in [4.78, 5) is 24.4. The molecule has 5 rings (SSSR count). The highest BCUT2D eigenvalue weighted by atomic mass is 32.2. The maximum atomic E-state index is 15.0. The number of hydrogen-bond donors (Lipinski definition) is 1. The number of nitrogens with two attached hydrogens (primary N) is 1. The number of piperazine rings is 1. The van der Waals surface area contributed by atoms with Gasteiger partial charge in [0.15, 0.2) is 5.78 Å². The SMILES string of the molecule is C[C@@H]1C[C@H](N)C[C@H](c2ccncc2CC(=O)c2ccc(F)c3cc(N4CCN(S(C)(=O)=O)C[C@@H]4C)cnc23)C1. The van der Waals surface area contributed by atoms with Crippen LogP contribution in [0.4, 0.5) is 10.1 Å². The maximum Gasteiger partial charge on any atom is 0.211 e. The first-order valence-electron chi connectivity index (χ1n) is 13.5. The summed E-state index contributed by atoms with van der Waals surface area (Å²) < 4.78 is 40.4. The quantitative estimate of drug-likeness (QED) is 0.461. The van der Waals surface area contributed by atoms with Crippen LogP contribution in [0.2, 0.25) is 0 Å². The molecule has 1 saturated heterocycles. The van der Waals surface area contributed by atoms with E-state index in [-0.39, 0.29) is 35.6 Å². The summed E-state index contributed by atoms with van der Waals surface area (Å²) in [6, 6.07) is 6.57. The maximum absolute atomic E-state index is 15.0. The Morgan fingerprint density at radius 1 is 1.13 bits per heavy atom. The van der Waals surface area contributed by atoms with Crippen molar-refractivity contribution in [2.45, 2.75) is 57.5 Å². The molecule has 1 aliphatic heterocycles. The second-order valence-electron chi connectivity index (χ2n) is 11.3. The van der Waals surface area contributed by atoms with Crippen LogP contribution in [-0.4, -0.2) is 66.4 Å². The number of carbonyl (C=O) groups excluding carboxylic acids is 1. The van der Waals surface area contributed by atoms with E-state index in [2.05, 4.69) is 16.9 Å². The molecule has 0 spiro atoms. The number of aromatic nitrogens is 2. The van der Waals surface area contributed by atoms with Crippen molar-refractivity contribution in [3.05, 3.63) is 65.4 Å². The van der Waals surface area contributed by atoms with E-state index in [0.29, 0.717) is 42.3 Å². The first-order chi connectivity index (χ1) is 18.5. The van der Waals surface area contributed by atoms with Gasteiger partial charge in [-0.1, -0.05) is 6.92 Å². The Kier molecular flexibility index (Phi) is 7.72. The van der Waals surface area contributed by atoms with Crippen LogP contribution >= 0.6 is 0 Å². The van der Waals surface area contributed by atoms with Crippen molar-refractivity contribution in [2.24, 2.45) is 11.7 Å². The van der Waals surface area contributed by atoms with E-state index in [1.807, 2.05) is 17.9 Å². The largest absolute Gasteiger partial charge is 0.365 e. The van der Waals surface area contributed by atoms with Gasteiger partial charge in [0, 0.05) is 61.5 Å². The molecule has 2 aromatic heterocycles. The molecule has 8 nitrogen and oxygen atoms in total. The molecule has 10 heteroatoms. The zero-order chi connectivity index (χ0) is 27.9. The van der Waals surface area contributed by atoms with E-state index in [0.717, 1.165) is 30.4 Å². The van der Waals surface area contributed by atoms with Crippen LogP contribution in [0.5, 0.6) is 0 Å². The molecule has 2 aliphatic rings. The summed E-state index contributed by atoms with van der Waals surface area (Å²) in [5.74, 6) is 0.209. The number of sulfonamides is 1. The zero-order valence-corrected chi connectivity index (χ0v) is 23.5. The number of benzene rings is 1. The molecule has 1 aromatic carbocycles. The van der Waals surface area contributed by atoms with Gasteiger partial charge in [0.05, 0.1) is 23.7 Å². The highest BCUT2D eigenvalue weighted by molar-refractivity contribution is 7.88. The van der Waals surface area contributed by atoms with Crippen LogP contribution < -0.4 is 10.6 Å². The van der Waals surface area contributed by atoms with Gasteiger partial charge < -0.3 is 10.6 Å². The molecule has 3 aromatic rings. The summed E-state index contributed by atoms with van der Waals surface area (Å²) in [5.41, 5.74) is 9.70. The van der Waals surface area contributed by atoms with Crippen molar-refractivity contribution >= 4 is 32.4 Å². The van der Waals surface area contributed by atoms with E-state index in [4.69, 9.17) is 5.73 Å². The van der Waals surface area contributed by atoms with Gasteiger partial charge in [0.1, 0.15) is 5.82 Å². The number of Topliss-reactive ketones (excluding diaryl/α,β-unsaturated/α-hetero) is 1. The van der Waals surface area contributed by atoms with Gasteiger partial charge in [-0.2, -0.15) is 4.31 Å². The fourth-order valence-electron chi connectivity index (χ4n) is 6.33. The standard InChI is InChI=1S/C29H36FN5O3S/c1-18-10-20(12-22(31)11-18)24-6-7-32-15-21(24)13-28(36)25-4-5-27(30)26-14-23(16-33-29(25)26)35-9-8-34(17-19(35)2)39(3,37)38/h4-7,14-16,18-20,22H,8-13,17,31H2,1-3H3/t18-,19-,20+,22-/m0/s1. The van der Waals surface area contributed by atoms with Crippen molar-refractivity contribution in [1.82, 2.24) is 14.3 Å². The number of rotatable bonds is 6. The predicted molar refractivity (Wildman–Crippen MR) is 151 cm³/mol. The molecule has 2 N–H and O–H groups in total. The monoisotopic (exact) mass is 553 g/mol. The zero-order valence-electron chi connectivity index (χ0n) is 22.7. The van der Waals surface area contributed by atoms with Gasteiger partial charge in [-0.05, 0) is 73.4 Å². The molecule has 1 saturated carbocycles. The van der Waals surface area contributed by atoms with Gasteiger partial charge in [-0.25, -0.2) is 12.8 Å². The van der Waals surface area contributed by atoms with Gasteiger partial charge in [0.25, 0.3) is 0 Å². The third kappa shape index (κ3) is 5.83. The average Bonchev–Trinajstić information content (AvgIpc) is 2.88. The van der Waals surface area contributed by atoms with Gasteiger partial charge in [-0.3, -0.25) is 14.8 Å². The number of carbonyl (C=O) groups is 1. The van der Waals surface area contributed by atoms with Crippen molar-refractivity contribution in [3.63, 3.8) is 0 Å². The number of fused-ring (bicyclic) bond motifs is 1. The van der Waals surface area contributed by atoms with E-state index in [1.165, 1.54) is 22.7 Å². The smallest absolute Gasteiger partial charge is 0.211 e. The average molecular weight is 554 g/mol. The Morgan fingerprint density at radius 2 is 1.92 bits per heavy atom. The topological polar surface area (TPSA) is 109 Å². The Labute approximate surface area is 229 Å². The normalized spacial score (nSPS) is 24.7. The lowest BCUT2D eigenvalue weighted by Crippen LogP contribution is -2.53. The molecule has 4 atom stereocenters. The summed E-state index contributed by atoms with van der Waals surface area (Å²) in [5, 5.41) is 0.273. The van der Waals surface area contributed by atoms with Crippen molar-refractivity contribution in [3.8, 4) is 0 Å². The second-order valence-corrected chi connectivity index (χ2v) is 13.3. The highest BCUT2D eigenvalue weighted by Gasteiger charge is 2.30. The lowest BCUT2D eigenvalue weighted by molar-refractivity contribution is 0.0993. The number of anilines is 1. The molecule has 2 fully saturated rings. The molecular formula is C29H36FN5O3S. The van der Waals surface area contributed by atoms with Crippen LogP contribution in [0.15, 0.2) is 42.9 Å². The number of halogens is 1. The minimum atomic E-state index is -3.28. The first kappa shape index (κ1) is 27.6. The molecule has 39 heavy (non-hydrogen) atoms. The van der Waals surface area contributed by atoms with Gasteiger partial charge in [-0.15, -0.1) is 0 Å². The third-order valence-corrected chi connectivity index (χ3v) is 9.45. The van der Waals surface area contributed by atoms with E-state index < -0.39 is 15.8 Å². The molecule has 0 bridgehead atoms. The van der Waals surface area contributed by atoms with E-state index >= 15 is 4.39 Å². The van der Waals surface area contributed by atoms with Crippen molar-refractivity contribution < 1.29 is 17.6 Å². The molecule has 3 heterocycles. The molecule has 0 radical (unpaired) electrons. The minimum Gasteiger partial charge on any atom is -0.365 e. The number of nitrogens with zero attached hydrogens (tertiary/aromatic N) is 4. The van der Waals surface area contributed by atoms with Crippen LogP contribution in [0.25, 0.3) is 10.9 Å². The number of hydrogen-bond acceptors (Lipinski definition) is 7. The number of ketones is 1. The summed E-state index contributed by atoms with van der Waals surface area (Å²) >= 11 is 0. The van der Waals surface area contributed by atoms with E-state index in [1.54, 1.807) is 24.7 Å². The molecule has 0 unspecified atom stereocenters. The summed E-state index contributed by atoms with van der Waals surface area (Å²) in [6.45, 7) is 5.31. The Morgan fingerprint density at radius 3 is 2.64 bits per heavy atom. The molecular weight excluding hydrogens is 517 g/mol. The molecule has 1 aliphatic carbocycles. The third-order valence-electron chi connectivity index (χ3n) is 8.18. The van der Waals surface area contributed by atoms with Crippen LogP contribution in [-0.2, 0) is 16.4 Å². The fourth-order valence-corrected chi connectivity index (χ4v) is 7.23. The minimum absolute atomic E-state index is 0.111. The Hall–Kier alpha value is -2.95. The van der Waals surface area contributed by atoms with Crippen LogP contribution in [0.1, 0.15) is 60.5 Å². The number of pyridine rings is 2. The summed E-state index contributed by atoms with van der Waals surface area (Å²) in [7, 11) is -3.28. The highest BCUT2D eigenvalue weighted by Crippen LogP contribution is 2.37. The molecule has 0 amide bonds. The second kappa shape index (κ2) is 10.9. The Bertz CT molecular complexity index is 1490. The van der Waals surface area contributed by atoms with Crippen LogP contribution in [0.3, 0.4) is 0 Å². The first-order valence-corrected chi connectivity index (χ1v) is 15.4.